The van der Waals surface area contributed by atoms with Crippen LogP contribution in [0, 0.1) is 0 Å². The lowest BCUT2D eigenvalue weighted by atomic mass is 10.2. The van der Waals surface area contributed by atoms with E-state index in [-0.39, 0.29) is 0 Å². The van der Waals surface area contributed by atoms with Crippen molar-refractivity contribution in [3.8, 4) is 11.5 Å². The molecule has 0 aliphatic carbocycles. The molecule has 0 aliphatic rings. The molecule has 0 aliphatic heterocycles. The second-order valence-electron chi connectivity index (χ2n) is 4.24. The summed E-state index contributed by atoms with van der Waals surface area (Å²) in [5.41, 5.74) is 0.990. The molecule has 0 heterocycles. The van der Waals surface area contributed by atoms with Crippen LogP contribution >= 0.6 is 39.3 Å². The van der Waals surface area contributed by atoms with Gasteiger partial charge < -0.3 is 9.47 Å². The van der Waals surface area contributed by atoms with Crippen molar-refractivity contribution in [3.05, 3.63) is 53.1 Å². The Balaban J connectivity index is 1.96. The third-order valence-electron chi connectivity index (χ3n) is 2.80. The van der Waals surface area contributed by atoms with Gasteiger partial charge in [-0.25, -0.2) is 0 Å². The van der Waals surface area contributed by atoms with E-state index in [9.17, 15) is 0 Å². The molecule has 0 N–H and O–H groups in total. The van der Waals surface area contributed by atoms with Crippen LogP contribution in [-0.4, -0.2) is 19.5 Å². The number of thioether (sulfide) groups is 1. The molecular weight excluding hydrogens is 372 g/mol. The number of methoxy groups -OCH3 is 1. The first kappa shape index (κ1) is 16.5. The van der Waals surface area contributed by atoms with Gasteiger partial charge in [0, 0.05) is 32.6 Å². The average Bonchev–Trinajstić information content (AvgIpc) is 2.52. The quantitative estimate of drug-likeness (QED) is 0.359. The topological polar surface area (TPSA) is 18.5 Å². The molecule has 112 valence electrons. The molecule has 0 atom stereocenters. The zero-order valence-electron chi connectivity index (χ0n) is 11.6. The van der Waals surface area contributed by atoms with E-state index < -0.39 is 0 Å². The number of ether oxygens (including phenoxy) is 2. The molecule has 0 amide bonds. The Bertz CT molecular complexity index is 553. The van der Waals surface area contributed by atoms with Gasteiger partial charge in [0.25, 0.3) is 0 Å². The third kappa shape index (κ3) is 4.83. The monoisotopic (exact) mass is 386 g/mol. The van der Waals surface area contributed by atoms with Crippen molar-refractivity contribution in [2.75, 3.05) is 19.5 Å². The Labute approximate surface area is 142 Å². The Kier molecular flexibility index (Phi) is 6.74. The molecular formula is C16H16BrClO2S. The van der Waals surface area contributed by atoms with Gasteiger partial charge in [-0.3, -0.25) is 0 Å². The molecule has 0 bridgehead atoms. The Morgan fingerprint density at radius 3 is 2.62 bits per heavy atom. The molecule has 0 unspecified atom stereocenters. The number of rotatable bonds is 7. The summed E-state index contributed by atoms with van der Waals surface area (Å²) >= 11 is 11.3. The van der Waals surface area contributed by atoms with Crippen LogP contribution in [0.5, 0.6) is 11.5 Å². The average molecular weight is 388 g/mol. The molecule has 2 nitrogen and oxygen atoms in total. The largest absolute Gasteiger partial charge is 0.493 e. The van der Waals surface area contributed by atoms with E-state index in [1.165, 1.54) is 4.90 Å². The smallest absolute Gasteiger partial charge is 0.165 e. The van der Waals surface area contributed by atoms with Crippen LogP contribution in [-0.2, 0) is 5.33 Å². The van der Waals surface area contributed by atoms with Crippen LogP contribution in [0.2, 0.25) is 5.02 Å². The fourth-order valence-corrected chi connectivity index (χ4v) is 3.26. The minimum absolute atomic E-state index is 0.609. The maximum absolute atomic E-state index is 6.06. The van der Waals surface area contributed by atoms with Gasteiger partial charge in [-0.05, 0) is 18.2 Å². The van der Waals surface area contributed by atoms with Crippen molar-refractivity contribution >= 4 is 39.3 Å². The second kappa shape index (κ2) is 8.57. The summed E-state index contributed by atoms with van der Waals surface area (Å²) in [5, 5.41) is 1.32. The molecule has 0 fully saturated rings. The van der Waals surface area contributed by atoms with Crippen molar-refractivity contribution in [3.63, 3.8) is 0 Å². The lowest BCUT2D eigenvalue weighted by Crippen LogP contribution is -2.04. The molecule has 2 aromatic rings. The van der Waals surface area contributed by atoms with Crippen LogP contribution < -0.4 is 9.47 Å². The van der Waals surface area contributed by atoms with E-state index in [4.69, 9.17) is 21.1 Å². The van der Waals surface area contributed by atoms with Crippen LogP contribution in [0.3, 0.4) is 0 Å². The molecule has 0 aromatic heterocycles. The van der Waals surface area contributed by atoms with Gasteiger partial charge in [0.15, 0.2) is 11.5 Å². The molecule has 0 radical (unpaired) electrons. The van der Waals surface area contributed by atoms with E-state index in [0.29, 0.717) is 22.7 Å². The highest BCUT2D eigenvalue weighted by Crippen LogP contribution is 2.36. The number of hydrogen-bond acceptors (Lipinski definition) is 3. The van der Waals surface area contributed by atoms with Gasteiger partial charge in [-0.1, -0.05) is 45.7 Å². The summed E-state index contributed by atoms with van der Waals surface area (Å²) in [6, 6.07) is 13.9. The third-order valence-corrected chi connectivity index (χ3v) is 4.60. The van der Waals surface area contributed by atoms with Crippen molar-refractivity contribution < 1.29 is 9.47 Å². The minimum Gasteiger partial charge on any atom is -0.493 e. The Morgan fingerprint density at radius 1 is 1.19 bits per heavy atom. The zero-order chi connectivity index (χ0) is 15.1. The van der Waals surface area contributed by atoms with E-state index >= 15 is 0 Å². The van der Waals surface area contributed by atoms with Gasteiger partial charge in [0.2, 0.25) is 0 Å². The first-order valence-corrected chi connectivity index (χ1v) is 8.96. The maximum Gasteiger partial charge on any atom is 0.165 e. The molecule has 21 heavy (non-hydrogen) atoms. The normalized spacial score (nSPS) is 10.4. The predicted octanol–water partition coefficient (Wildman–Crippen LogP) is 5.41. The lowest BCUT2D eigenvalue weighted by molar-refractivity contribution is 0.311. The standard InChI is InChI=1S/C16H16BrClO2S/c1-19-15-10-13(18)9-12(11-17)16(15)20-7-8-21-14-5-3-2-4-6-14/h2-6,9-10H,7-8,11H2,1H3. The lowest BCUT2D eigenvalue weighted by Gasteiger charge is -2.14. The van der Waals surface area contributed by atoms with Gasteiger partial charge in [0.05, 0.1) is 13.7 Å². The van der Waals surface area contributed by atoms with Crippen molar-refractivity contribution in [2.24, 2.45) is 0 Å². The van der Waals surface area contributed by atoms with E-state index in [0.717, 1.165) is 17.1 Å². The molecule has 0 spiro atoms. The summed E-state index contributed by atoms with van der Waals surface area (Å²) in [5.74, 6) is 2.30. The number of halogens is 2. The number of benzene rings is 2. The SMILES string of the molecule is COc1cc(Cl)cc(CBr)c1OCCSc1ccccc1. The predicted molar refractivity (Wildman–Crippen MR) is 93.3 cm³/mol. The summed E-state index contributed by atoms with van der Waals surface area (Å²) in [6.45, 7) is 0.609. The highest BCUT2D eigenvalue weighted by Gasteiger charge is 2.12. The van der Waals surface area contributed by atoms with Crippen LogP contribution in [0.4, 0.5) is 0 Å². The molecule has 2 aromatic carbocycles. The van der Waals surface area contributed by atoms with Gasteiger partial charge in [-0.15, -0.1) is 11.8 Å². The van der Waals surface area contributed by atoms with Crippen LogP contribution in [0.25, 0.3) is 0 Å². The second-order valence-corrected chi connectivity index (χ2v) is 6.41. The zero-order valence-corrected chi connectivity index (χ0v) is 14.8. The Morgan fingerprint density at radius 2 is 1.95 bits per heavy atom. The van der Waals surface area contributed by atoms with Crippen LogP contribution in [0.1, 0.15) is 5.56 Å². The van der Waals surface area contributed by atoms with E-state index in [1.54, 1.807) is 24.9 Å². The van der Waals surface area contributed by atoms with Crippen molar-refractivity contribution in [1.82, 2.24) is 0 Å². The summed E-state index contributed by atoms with van der Waals surface area (Å²) < 4.78 is 11.2. The maximum atomic E-state index is 6.06. The van der Waals surface area contributed by atoms with E-state index in [2.05, 4.69) is 28.1 Å². The molecule has 5 heteroatoms. The summed E-state index contributed by atoms with van der Waals surface area (Å²) in [4.78, 5) is 1.24. The number of alkyl halides is 1. The minimum atomic E-state index is 0.609. The van der Waals surface area contributed by atoms with Gasteiger partial charge in [0.1, 0.15) is 0 Å². The molecule has 2 rings (SSSR count). The van der Waals surface area contributed by atoms with E-state index in [1.807, 2.05) is 24.3 Å². The van der Waals surface area contributed by atoms with Crippen LogP contribution in [0.15, 0.2) is 47.4 Å². The Hall–Kier alpha value is -0.840. The first-order chi connectivity index (χ1) is 10.2. The highest BCUT2D eigenvalue weighted by atomic mass is 79.9. The fraction of sp³-hybridized carbons (Fsp3) is 0.250. The van der Waals surface area contributed by atoms with Gasteiger partial charge in [-0.2, -0.15) is 0 Å². The highest BCUT2D eigenvalue weighted by molar-refractivity contribution is 9.08. The van der Waals surface area contributed by atoms with Gasteiger partial charge >= 0.3 is 0 Å². The summed E-state index contributed by atoms with van der Waals surface area (Å²) in [6.07, 6.45) is 0. The fourth-order valence-electron chi connectivity index (χ4n) is 1.86. The number of hydrogen-bond donors (Lipinski definition) is 0. The molecule has 0 saturated carbocycles. The van der Waals surface area contributed by atoms with Crippen molar-refractivity contribution in [1.29, 1.82) is 0 Å². The summed E-state index contributed by atoms with van der Waals surface area (Å²) in [7, 11) is 1.62. The van der Waals surface area contributed by atoms with Crippen molar-refractivity contribution in [2.45, 2.75) is 10.2 Å². The molecule has 0 saturated heterocycles. The first-order valence-electron chi connectivity index (χ1n) is 6.47.